The highest BCUT2D eigenvalue weighted by atomic mass is 35.5. The fourth-order valence-corrected chi connectivity index (χ4v) is 4.06. The Balaban J connectivity index is 2.08. The summed E-state index contributed by atoms with van der Waals surface area (Å²) in [4.78, 5) is 25.6. The second kappa shape index (κ2) is 6.16. The Morgan fingerprint density at radius 3 is 2.57 bits per heavy atom. The van der Waals surface area contributed by atoms with Gasteiger partial charge in [-0.2, -0.15) is 0 Å². The number of ether oxygens (including phenoxy) is 2. The Morgan fingerprint density at radius 1 is 1.26 bits per heavy atom. The van der Waals surface area contributed by atoms with Crippen molar-refractivity contribution in [2.45, 2.75) is 57.0 Å². The Hall–Kier alpha value is -1.55. The molecule has 1 saturated carbocycles. The van der Waals surface area contributed by atoms with Gasteiger partial charge in [-0.3, -0.25) is 9.59 Å². The summed E-state index contributed by atoms with van der Waals surface area (Å²) in [5.41, 5.74) is 0.560. The average molecular weight is 337 g/mol. The lowest BCUT2D eigenvalue weighted by atomic mass is 9.77. The second-order valence-electron chi connectivity index (χ2n) is 6.31. The zero-order chi connectivity index (χ0) is 16.6. The van der Waals surface area contributed by atoms with Crippen molar-refractivity contribution in [3.05, 3.63) is 28.3 Å². The molecule has 1 saturated heterocycles. The summed E-state index contributed by atoms with van der Waals surface area (Å²) < 4.78 is 11.0. The number of benzene rings is 1. The predicted molar refractivity (Wildman–Crippen MR) is 87.0 cm³/mol. The van der Waals surface area contributed by atoms with Crippen LogP contribution in [0.2, 0.25) is 5.02 Å². The molecule has 4 nitrogen and oxygen atoms in total. The summed E-state index contributed by atoms with van der Waals surface area (Å²) in [5.74, 6) is -0.975. The van der Waals surface area contributed by atoms with Crippen LogP contribution < -0.4 is 4.74 Å². The molecule has 0 N–H and O–H groups in total. The first-order chi connectivity index (χ1) is 11.0. The van der Waals surface area contributed by atoms with E-state index >= 15 is 0 Å². The number of carbonyl (C=O) groups is 2. The molecule has 0 aromatic heterocycles. The van der Waals surface area contributed by atoms with E-state index in [-0.39, 0.29) is 5.78 Å². The molecule has 23 heavy (non-hydrogen) atoms. The number of aryl methyl sites for hydroxylation is 1. The molecule has 1 spiro atoms. The summed E-state index contributed by atoms with van der Waals surface area (Å²) in [6.07, 6.45) is 4.85. The maximum absolute atomic E-state index is 13.1. The maximum Gasteiger partial charge on any atom is 0.322 e. The minimum atomic E-state index is -0.921. The number of hydrogen-bond donors (Lipinski definition) is 0. The molecule has 1 aromatic carbocycles. The van der Waals surface area contributed by atoms with E-state index in [4.69, 9.17) is 21.1 Å². The smallest absolute Gasteiger partial charge is 0.322 e. The van der Waals surface area contributed by atoms with Gasteiger partial charge < -0.3 is 9.47 Å². The molecule has 0 amide bonds. The molecule has 0 bridgehead atoms. The molecular formula is C18H21ClO4. The van der Waals surface area contributed by atoms with E-state index in [1.54, 1.807) is 12.1 Å². The minimum Gasteiger partial charge on any atom is -0.496 e. The molecule has 1 unspecified atom stereocenters. The Kier molecular flexibility index (Phi) is 4.37. The van der Waals surface area contributed by atoms with Crippen LogP contribution in [0.5, 0.6) is 5.75 Å². The van der Waals surface area contributed by atoms with E-state index < -0.39 is 17.5 Å². The molecule has 2 aliphatic rings. The third kappa shape index (κ3) is 2.63. The lowest BCUT2D eigenvalue weighted by molar-refractivity contribution is -0.154. The number of ketones is 1. The SMILES string of the molecule is CCc1cc(Cl)cc(OC)c1C1C(=O)OC2(CCCCC2)C1=O. The minimum absolute atomic E-state index is 0.113. The summed E-state index contributed by atoms with van der Waals surface area (Å²) in [7, 11) is 1.52. The first kappa shape index (κ1) is 16.3. The Bertz CT molecular complexity index is 621. The lowest BCUT2D eigenvalue weighted by Crippen LogP contribution is -2.39. The standard InChI is InChI=1S/C18H21ClO4/c1-3-11-9-12(19)10-13(22-2)14(11)15-16(20)18(23-17(15)21)7-5-4-6-8-18/h9-10,15H,3-8H2,1-2H3. The van der Waals surface area contributed by atoms with Crippen molar-refractivity contribution in [1.29, 1.82) is 0 Å². The van der Waals surface area contributed by atoms with Gasteiger partial charge in [-0.1, -0.05) is 24.9 Å². The van der Waals surface area contributed by atoms with Crippen molar-refractivity contribution in [2.75, 3.05) is 7.11 Å². The van der Waals surface area contributed by atoms with Gasteiger partial charge in [0.1, 0.15) is 11.7 Å². The zero-order valence-corrected chi connectivity index (χ0v) is 14.2. The predicted octanol–water partition coefficient (Wildman–Crippen LogP) is 3.82. The van der Waals surface area contributed by atoms with Crippen molar-refractivity contribution >= 4 is 23.4 Å². The van der Waals surface area contributed by atoms with Gasteiger partial charge in [0.2, 0.25) is 0 Å². The van der Waals surface area contributed by atoms with Crippen LogP contribution in [0.15, 0.2) is 12.1 Å². The highest BCUT2D eigenvalue weighted by Crippen LogP contribution is 2.46. The Labute approximate surface area is 141 Å². The largest absolute Gasteiger partial charge is 0.496 e. The molecule has 1 atom stereocenters. The van der Waals surface area contributed by atoms with Crippen LogP contribution in [0.25, 0.3) is 0 Å². The van der Waals surface area contributed by atoms with Gasteiger partial charge >= 0.3 is 5.97 Å². The molecule has 3 rings (SSSR count). The van der Waals surface area contributed by atoms with Crippen LogP contribution in [0, 0.1) is 0 Å². The van der Waals surface area contributed by atoms with Gasteiger partial charge in [0.25, 0.3) is 0 Å². The van der Waals surface area contributed by atoms with Crippen LogP contribution in [0.4, 0.5) is 0 Å². The summed E-state index contributed by atoms with van der Waals surface area (Å²) in [5, 5.41) is 0.536. The summed E-state index contributed by atoms with van der Waals surface area (Å²) in [6.45, 7) is 1.97. The van der Waals surface area contributed by atoms with Crippen molar-refractivity contribution in [3.63, 3.8) is 0 Å². The number of esters is 1. The number of halogens is 1. The van der Waals surface area contributed by atoms with E-state index in [0.717, 1.165) is 24.8 Å². The van der Waals surface area contributed by atoms with E-state index in [0.29, 0.717) is 35.6 Å². The van der Waals surface area contributed by atoms with Gasteiger partial charge in [-0.25, -0.2) is 0 Å². The normalized spacial score (nSPS) is 23.2. The third-order valence-electron chi connectivity index (χ3n) is 4.99. The number of hydrogen-bond acceptors (Lipinski definition) is 4. The lowest BCUT2D eigenvalue weighted by Gasteiger charge is -2.30. The molecule has 2 fully saturated rings. The van der Waals surface area contributed by atoms with Crippen LogP contribution in [0.3, 0.4) is 0 Å². The molecule has 0 radical (unpaired) electrons. The average Bonchev–Trinajstić information content (AvgIpc) is 2.78. The molecule has 124 valence electrons. The highest BCUT2D eigenvalue weighted by Gasteiger charge is 2.56. The highest BCUT2D eigenvalue weighted by molar-refractivity contribution is 6.31. The fourth-order valence-electron chi connectivity index (χ4n) is 3.83. The molecule has 1 aromatic rings. The topological polar surface area (TPSA) is 52.6 Å². The van der Waals surface area contributed by atoms with Crippen LogP contribution in [-0.4, -0.2) is 24.5 Å². The molecule has 1 aliphatic heterocycles. The quantitative estimate of drug-likeness (QED) is 0.622. The zero-order valence-electron chi connectivity index (χ0n) is 13.5. The summed E-state index contributed by atoms with van der Waals surface area (Å²) >= 11 is 6.12. The van der Waals surface area contributed by atoms with Gasteiger partial charge in [0.05, 0.1) is 7.11 Å². The maximum atomic E-state index is 13.1. The van der Waals surface area contributed by atoms with E-state index in [2.05, 4.69) is 0 Å². The summed E-state index contributed by atoms with van der Waals surface area (Å²) in [6, 6.07) is 3.45. The second-order valence-corrected chi connectivity index (χ2v) is 6.74. The first-order valence-electron chi connectivity index (χ1n) is 8.16. The third-order valence-corrected chi connectivity index (χ3v) is 5.20. The van der Waals surface area contributed by atoms with Crippen molar-refractivity contribution in [3.8, 4) is 5.75 Å². The van der Waals surface area contributed by atoms with Gasteiger partial charge in [0, 0.05) is 10.6 Å². The monoisotopic (exact) mass is 336 g/mol. The molecule has 1 heterocycles. The van der Waals surface area contributed by atoms with E-state index in [1.807, 2.05) is 6.92 Å². The van der Waals surface area contributed by atoms with Gasteiger partial charge in [-0.05, 0) is 49.8 Å². The van der Waals surface area contributed by atoms with E-state index in [1.165, 1.54) is 7.11 Å². The van der Waals surface area contributed by atoms with Gasteiger partial charge in [0.15, 0.2) is 11.4 Å². The van der Waals surface area contributed by atoms with Crippen molar-refractivity contribution < 1.29 is 19.1 Å². The van der Waals surface area contributed by atoms with Crippen LogP contribution >= 0.6 is 11.6 Å². The van der Waals surface area contributed by atoms with Crippen molar-refractivity contribution in [2.24, 2.45) is 0 Å². The van der Waals surface area contributed by atoms with Crippen LogP contribution in [0.1, 0.15) is 56.1 Å². The first-order valence-corrected chi connectivity index (χ1v) is 8.53. The Morgan fingerprint density at radius 2 is 1.96 bits per heavy atom. The van der Waals surface area contributed by atoms with E-state index in [9.17, 15) is 9.59 Å². The number of rotatable bonds is 3. The van der Waals surface area contributed by atoms with Crippen molar-refractivity contribution in [1.82, 2.24) is 0 Å². The number of carbonyl (C=O) groups excluding carboxylic acids is 2. The molecular weight excluding hydrogens is 316 g/mol. The molecule has 5 heteroatoms. The van der Waals surface area contributed by atoms with Gasteiger partial charge in [-0.15, -0.1) is 0 Å². The fraction of sp³-hybridized carbons (Fsp3) is 0.556. The number of Topliss-reactive ketones (excluding diaryl/α,β-unsaturated/α-hetero) is 1. The molecule has 1 aliphatic carbocycles. The van der Waals surface area contributed by atoms with Crippen LogP contribution in [-0.2, 0) is 20.7 Å². The number of methoxy groups -OCH3 is 1.